The van der Waals surface area contributed by atoms with Gasteiger partial charge >= 0.3 is 0 Å². The van der Waals surface area contributed by atoms with Crippen LogP contribution in [0.1, 0.15) is 23.8 Å². The molecule has 2 heterocycles. The van der Waals surface area contributed by atoms with Gasteiger partial charge < -0.3 is 0 Å². The fourth-order valence-electron chi connectivity index (χ4n) is 2.04. The first-order valence-corrected chi connectivity index (χ1v) is 6.23. The summed E-state index contributed by atoms with van der Waals surface area (Å²) in [5.74, 6) is 0.0320. The van der Waals surface area contributed by atoms with Crippen molar-refractivity contribution in [3.63, 3.8) is 0 Å². The fourth-order valence-corrected chi connectivity index (χ4v) is 2.04. The van der Waals surface area contributed by atoms with Crippen LogP contribution in [0.2, 0.25) is 0 Å². The highest BCUT2D eigenvalue weighted by molar-refractivity contribution is 5.95. The minimum absolute atomic E-state index is 0.0320. The zero-order chi connectivity index (χ0) is 13.2. The Bertz CT molecular complexity index is 731. The van der Waals surface area contributed by atoms with Crippen molar-refractivity contribution in [3.05, 3.63) is 54.4 Å². The summed E-state index contributed by atoms with van der Waals surface area (Å²) in [4.78, 5) is 16.0. The summed E-state index contributed by atoms with van der Waals surface area (Å²) in [6, 6.07) is 13.6. The summed E-state index contributed by atoms with van der Waals surface area (Å²) in [5.41, 5.74) is 3.14. The van der Waals surface area contributed by atoms with Crippen molar-refractivity contribution in [1.82, 2.24) is 14.6 Å². The van der Waals surface area contributed by atoms with Gasteiger partial charge in [-0.15, -0.1) is 0 Å². The van der Waals surface area contributed by atoms with Gasteiger partial charge in [0.2, 0.25) is 0 Å². The molecule has 0 fully saturated rings. The first kappa shape index (κ1) is 11.6. The molecule has 0 aliphatic heterocycles. The highest BCUT2D eigenvalue weighted by Gasteiger charge is 2.12. The van der Waals surface area contributed by atoms with Crippen molar-refractivity contribution in [2.24, 2.45) is 0 Å². The molecule has 0 amide bonds. The van der Waals surface area contributed by atoms with Crippen molar-refractivity contribution in [3.8, 4) is 11.3 Å². The second kappa shape index (κ2) is 4.65. The molecule has 1 aromatic carbocycles. The molecule has 0 radical (unpaired) electrons. The monoisotopic (exact) mass is 251 g/mol. The first-order valence-electron chi connectivity index (χ1n) is 6.23. The average molecular weight is 251 g/mol. The van der Waals surface area contributed by atoms with Gasteiger partial charge in [0.05, 0.1) is 5.69 Å². The Hall–Kier alpha value is -2.49. The van der Waals surface area contributed by atoms with Crippen molar-refractivity contribution in [2.45, 2.75) is 13.3 Å². The third-order valence-corrected chi connectivity index (χ3v) is 3.03. The van der Waals surface area contributed by atoms with Crippen LogP contribution in [0.25, 0.3) is 16.9 Å². The maximum Gasteiger partial charge on any atom is 0.182 e. The van der Waals surface area contributed by atoms with Gasteiger partial charge in [0.25, 0.3) is 0 Å². The van der Waals surface area contributed by atoms with E-state index in [1.807, 2.05) is 43.3 Å². The molecule has 0 spiro atoms. The van der Waals surface area contributed by atoms with Crippen molar-refractivity contribution >= 4 is 11.4 Å². The highest BCUT2D eigenvalue weighted by atomic mass is 16.1. The maximum atomic E-state index is 11.7. The van der Waals surface area contributed by atoms with Gasteiger partial charge in [0, 0.05) is 24.2 Å². The Kier molecular flexibility index (Phi) is 2.83. The number of benzene rings is 1. The predicted molar refractivity (Wildman–Crippen MR) is 73.0 cm³/mol. The van der Waals surface area contributed by atoms with Crippen LogP contribution in [0.15, 0.2) is 48.7 Å². The Morgan fingerprint density at radius 3 is 2.74 bits per heavy atom. The minimum Gasteiger partial charge on any atom is -0.292 e. The zero-order valence-electron chi connectivity index (χ0n) is 10.6. The molecule has 0 saturated heterocycles. The summed E-state index contributed by atoms with van der Waals surface area (Å²) in [6.07, 6.45) is 2.18. The van der Waals surface area contributed by atoms with Gasteiger partial charge in [-0.1, -0.05) is 37.3 Å². The smallest absolute Gasteiger partial charge is 0.182 e. The molecule has 0 unspecified atom stereocenters. The normalized spacial score (nSPS) is 10.8. The van der Waals surface area contributed by atoms with Crippen LogP contribution >= 0.6 is 0 Å². The van der Waals surface area contributed by atoms with Gasteiger partial charge in [0.1, 0.15) is 5.69 Å². The Balaban J connectivity index is 2.21. The van der Waals surface area contributed by atoms with Crippen LogP contribution in [-0.4, -0.2) is 20.4 Å². The number of Topliss-reactive ketones (excluding diaryl/α,β-unsaturated/α-hetero) is 1. The lowest BCUT2D eigenvalue weighted by Crippen LogP contribution is -1.99. The van der Waals surface area contributed by atoms with Crippen LogP contribution in [0.4, 0.5) is 0 Å². The summed E-state index contributed by atoms with van der Waals surface area (Å²) in [6.45, 7) is 1.83. The molecule has 0 atom stereocenters. The van der Waals surface area contributed by atoms with E-state index in [4.69, 9.17) is 0 Å². The summed E-state index contributed by atoms with van der Waals surface area (Å²) < 4.78 is 1.72. The molecule has 4 heteroatoms. The van der Waals surface area contributed by atoms with E-state index in [0.29, 0.717) is 17.8 Å². The van der Waals surface area contributed by atoms with E-state index in [2.05, 4.69) is 10.1 Å². The van der Waals surface area contributed by atoms with Crippen LogP contribution in [-0.2, 0) is 0 Å². The Morgan fingerprint density at radius 1 is 1.21 bits per heavy atom. The van der Waals surface area contributed by atoms with E-state index in [1.165, 1.54) is 0 Å². The van der Waals surface area contributed by atoms with E-state index in [9.17, 15) is 4.79 Å². The van der Waals surface area contributed by atoms with Crippen LogP contribution < -0.4 is 0 Å². The Labute approximate surface area is 110 Å². The largest absolute Gasteiger partial charge is 0.292 e. The molecule has 0 N–H and O–H groups in total. The van der Waals surface area contributed by atoms with E-state index < -0.39 is 0 Å². The minimum atomic E-state index is 0.0320. The van der Waals surface area contributed by atoms with Crippen molar-refractivity contribution < 1.29 is 4.79 Å². The molecule has 0 aliphatic carbocycles. The maximum absolute atomic E-state index is 11.7. The quantitative estimate of drug-likeness (QED) is 0.672. The lowest BCUT2D eigenvalue weighted by atomic mass is 10.1. The molecule has 19 heavy (non-hydrogen) atoms. The van der Waals surface area contributed by atoms with Gasteiger partial charge in [-0.05, 0) is 6.07 Å². The van der Waals surface area contributed by atoms with Gasteiger partial charge in [0.15, 0.2) is 11.4 Å². The lowest BCUT2D eigenvalue weighted by Gasteiger charge is -2.03. The average Bonchev–Trinajstić information content (AvgIpc) is 2.91. The number of nitrogens with zero attached hydrogens (tertiary/aromatic N) is 3. The third-order valence-electron chi connectivity index (χ3n) is 3.03. The SMILES string of the molecule is CCC(=O)c1cc2nccc(-c3ccccc3)n2n1. The summed E-state index contributed by atoms with van der Waals surface area (Å²) in [5, 5.41) is 4.36. The third kappa shape index (κ3) is 2.01. The molecule has 3 aromatic rings. The van der Waals surface area contributed by atoms with Crippen LogP contribution in [0.3, 0.4) is 0 Å². The molecule has 0 bridgehead atoms. The van der Waals surface area contributed by atoms with Crippen molar-refractivity contribution in [1.29, 1.82) is 0 Å². The molecular formula is C15H13N3O. The molecule has 0 saturated carbocycles. The van der Waals surface area contributed by atoms with E-state index in [-0.39, 0.29) is 5.78 Å². The molecule has 94 valence electrons. The molecule has 0 aliphatic rings. The van der Waals surface area contributed by atoms with Crippen molar-refractivity contribution in [2.75, 3.05) is 0 Å². The van der Waals surface area contributed by atoms with Gasteiger partial charge in [-0.2, -0.15) is 5.10 Å². The lowest BCUT2D eigenvalue weighted by molar-refractivity contribution is 0.0983. The number of fused-ring (bicyclic) bond motifs is 1. The van der Waals surface area contributed by atoms with E-state index >= 15 is 0 Å². The standard InChI is InChI=1S/C15H13N3O/c1-2-14(19)12-10-15-16-9-8-13(18(15)17-12)11-6-4-3-5-7-11/h3-10H,2H2,1H3. The summed E-state index contributed by atoms with van der Waals surface area (Å²) >= 11 is 0. The first-order chi connectivity index (χ1) is 9.29. The second-order valence-corrected chi connectivity index (χ2v) is 4.27. The zero-order valence-corrected chi connectivity index (χ0v) is 10.6. The van der Waals surface area contributed by atoms with E-state index in [1.54, 1.807) is 16.8 Å². The number of hydrogen-bond donors (Lipinski definition) is 0. The topological polar surface area (TPSA) is 47.3 Å². The molecular weight excluding hydrogens is 238 g/mol. The number of carbonyl (C=O) groups excluding carboxylic acids is 1. The molecule has 3 rings (SSSR count). The number of rotatable bonds is 3. The molecule has 2 aromatic heterocycles. The van der Waals surface area contributed by atoms with Gasteiger partial charge in [-0.25, -0.2) is 9.50 Å². The number of ketones is 1. The van der Waals surface area contributed by atoms with Crippen LogP contribution in [0, 0.1) is 0 Å². The number of hydrogen-bond acceptors (Lipinski definition) is 3. The Morgan fingerprint density at radius 2 is 2.00 bits per heavy atom. The second-order valence-electron chi connectivity index (χ2n) is 4.27. The fraction of sp³-hybridized carbons (Fsp3) is 0.133. The highest BCUT2D eigenvalue weighted by Crippen LogP contribution is 2.19. The summed E-state index contributed by atoms with van der Waals surface area (Å²) in [7, 11) is 0. The number of carbonyl (C=O) groups is 1. The van der Waals surface area contributed by atoms with E-state index in [0.717, 1.165) is 11.3 Å². The molecule has 4 nitrogen and oxygen atoms in total. The number of aromatic nitrogens is 3. The van der Waals surface area contributed by atoms with Gasteiger partial charge in [-0.3, -0.25) is 4.79 Å². The van der Waals surface area contributed by atoms with Crippen LogP contribution in [0.5, 0.6) is 0 Å². The predicted octanol–water partition coefficient (Wildman–Crippen LogP) is 2.99.